The van der Waals surface area contributed by atoms with E-state index in [4.69, 9.17) is 4.84 Å². The number of hydrogen-bond donors (Lipinski definition) is 0. The SMILES string of the molecule is C=Cc1ccc(C(=NOC)C2CCCCC2)cc1. The van der Waals surface area contributed by atoms with Crippen molar-refractivity contribution in [3.8, 4) is 0 Å². The second-order valence-electron chi connectivity index (χ2n) is 4.82. The molecule has 1 aliphatic carbocycles. The summed E-state index contributed by atoms with van der Waals surface area (Å²) in [7, 11) is 1.63. The minimum absolute atomic E-state index is 0.549. The van der Waals surface area contributed by atoms with Gasteiger partial charge in [-0.3, -0.25) is 0 Å². The molecule has 0 saturated heterocycles. The molecule has 1 aromatic carbocycles. The number of benzene rings is 1. The minimum atomic E-state index is 0.549. The van der Waals surface area contributed by atoms with E-state index in [1.54, 1.807) is 7.11 Å². The van der Waals surface area contributed by atoms with Crippen LogP contribution in [0.1, 0.15) is 43.2 Å². The third-order valence-corrected chi connectivity index (χ3v) is 3.62. The molecule has 1 aromatic rings. The van der Waals surface area contributed by atoms with E-state index >= 15 is 0 Å². The summed E-state index contributed by atoms with van der Waals surface area (Å²) < 4.78 is 0. The van der Waals surface area contributed by atoms with Crippen molar-refractivity contribution in [2.24, 2.45) is 11.1 Å². The zero-order valence-corrected chi connectivity index (χ0v) is 11.1. The maximum atomic E-state index is 5.04. The van der Waals surface area contributed by atoms with Gasteiger partial charge < -0.3 is 4.84 Å². The van der Waals surface area contributed by atoms with Gasteiger partial charge in [0.05, 0.1) is 5.71 Å². The smallest absolute Gasteiger partial charge is 0.106 e. The van der Waals surface area contributed by atoms with Crippen molar-refractivity contribution < 1.29 is 4.84 Å². The van der Waals surface area contributed by atoms with E-state index in [-0.39, 0.29) is 0 Å². The zero-order valence-electron chi connectivity index (χ0n) is 11.1. The van der Waals surface area contributed by atoms with Crippen LogP contribution in [0.3, 0.4) is 0 Å². The quantitative estimate of drug-likeness (QED) is 0.572. The molecule has 0 bridgehead atoms. The largest absolute Gasteiger partial charge is 0.399 e. The Balaban J connectivity index is 2.22. The van der Waals surface area contributed by atoms with Crippen molar-refractivity contribution in [2.45, 2.75) is 32.1 Å². The molecule has 18 heavy (non-hydrogen) atoms. The molecule has 0 aromatic heterocycles. The van der Waals surface area contributed by atoms with Crippen LogP contribution in [0.25, 0.3) is 6.08 Å². The van der Waals surface area contributed by atoms with Crippen LogP contribution in [0.4, 0.5) is 0 Å². The fourth-order valence-electron chi connectivity index (χ4n) is 2.63. The zero-order chi connectivity index (χ0) is 12.8. The Labute approximate surface area is 109 Å². The summed E-state index contributed by atoms with van der Waals surface area (Å²) in [6.07, 6.45) is 8.27. The van der Waals surface area contributed by atoms with Gasteiger partial charge in [-0.1, -0.05) is 61.3 Å². The number of hydrogen-bond acceptors (Lipinski definition) is 2. The van der Waals surface area contributed by atoms with Crippen molar-refractivity contribution in [1.29, 1.82) is 0 Å². The molecule has 1 saturated carbocycles. The average Bonchev–Trinajstić information content (AvgIpc) is 2.46. The van der Waals surface area contributed by atoms with Gasteiger partial charge in [-0.25, -0.2) is 0 Å². The maximum absolute atomic E-state index is 5.04. The number of oxime groups is 1. The Morgan fingerprint density at radius 3 is 2.44 bits per heavy atom. The van der Waals surface area contributed by atoms with Gasteiger partial charge in [0.25, 0.3) is 0 Å². The Morgan fingerprint density at radius 1 is 1.22 bits per heavy atom. The Hall–Kier alpha value is -1.57. The Bertz CT molecular complexity index is 413. The lowest BCUT2D eigenvalue weighted by Gasteiger charge is -2.23. The average molecular weight is 243 g/mol. The predicted octanol–water partition coefficient (Wildman–Crippen LogP) is 4.26. The normalized spacial score (nSPS) is 17.5. The van der Waals surface area contributed by atoms with Crippen molar-refractivity contribution in [3.05, 3.63) is 42.0 Å². The van der Waals surface area contributed by atoms with Crippen molar-refractivity contribution in [2.75, 3.05) is 7.11 Å². The predicted molar refractivity (Wildman–Crippen MR) is 76.7 cm³/mol. The second-order valence-corrected chi connectivity index (χ2v) is 4.82. The first-order chi connectivity index (χ1) is 8.85. The lowest BCUT2D eigenvalue weighted by Crippen LogP contribution is -2.19. The van der Waals surface area contributed by atoms with E-state index in [1.165, 1.54) is 37.7 Å². The highest BCUT2D eigenvalue weighted by Gasteiger charge is 2.21. The topological polar surface area (TPSA) is 21.6 Å². The van der Waals surface area contributed by atoms with Crippen LogP contribution in [0.2, 0.25) is 0 Å². The molecule has 1 fully saturated rings. The Kier molecular flexibility index (Phi) is 4.57. The van der Waals surface area contributed by atoms with Gasteiger partial charge in [-0.15, -0.1) is 0 Å². The Morgan fingerprint density at radius 2 is 1.89 bits per heavy atom. The molecule has 0 heterocycles. The summed E-state index contributed by atoms with van der Waals surface area (Å²) in [5, 5.41) is 4.26. The highest BCUT2D eigenvalue weighted by Crippen LogP contribution is 2.27. The molecule has 2 rings (SSSR count). The van der Waals surface area contributed by atoms with Gasteiger partial charge in [-0.05, 0) is 24.0 Å². The molecule has 0 spiro atoms. The van der Waals surface area contributed by atoms with Crippen LogP contribution in [0.5, 0.6) is 0 Å². The van der Waals surface area contributed by atoms with Crippen LogP contribution >= 0.6 is 0 Å². The third kappa shape index (κ3) is 3.00. The van der Waals surface area contributed by atoms with E-state index in [0.29, 0.717) is 5.92 Å². The van der Waals surface area contributed by atoms with Gasteiger partial charge in [-0.2, -0.15) is 0 Å². The van der Waals surface area contributed by atoms with E-state index in [2.05, 4.69) is 36.0 Å². The molecule has 0 N–H and O–H groups in total. The van der Waals surface area contributed by atoms with Crippen LogP contribution < -0.4 is 0 Å². The van der Waals surface area contributed by atoms with Crippen LogP contribution in [-0.2, 0) is 4.84 Å². The van der Waals surface area contributed by atoms with Crippen molar-refractivity contribution in [3.63, 3.8) is 0 Å². The molecule has 0 radical (unpaired) electrons. The molecule has 2 heteroatoms. The maximum Gasteiger partial charge on any atom is 0.106 e. The first kappa shape index (κ1) is 12.9. The molecule has 0 amide bonds. The molecule has 96 valence electrons. The summed E-state index contributed by atoms with van der Waals surface area (Å²) in [4.78, 5) is 5.04. The van der Waals surface area contributed by atoms with Gasteiger partial charge in [0.2, 0.25) is 0 Å². The van der Waals surface area contributed by atoms with Crippen LogP contribution in [-0.4, -0.2) is 12.8 Å². The minimum Gasteiger partial charge on any atom is -0.399 e. The number of nitrogens with zero attached hydrogens (tertiary/aromatic N) is 1. The molecule has 0 aliphatic heterocycles. The van der Waals surface area contributed by atoms with Crippen LogP contribution in [0.15, 0.2) is 36.0 Å². The fourth-order valence-corrected chi connectivity index (χ4v) is 2.63. The summed E-state index contributed by atoms with van der Waals surface area (Å²) in [5.74, 6) is 0.549. The van der Waals surface area contributed by atoms with Crippen LogP contribution in [0, 0.1) is 5.92 Å². The summed E-state index contributed by atoms with van der Waals surface area (Å²) in [6.45, 7) is 3.78. The highest BCUT2D eigenvalue weighted by atomic mass is 16.6. The first-order valence-electron chi connectivity index (χ1n) is 6.69. The summed E-state index contributed by atoms with van der Waals surface area (Å²) in [5.41, 5.74) is 3.42. The standard InChI is InChI=1S/C16H21NO/c1-3-13-9-11-15(12-10-13)16(17-18-2)14-7-5-4-6-8-14/h3,9-12,14H,1,4-8H2,2H3. The third-order valence-electron chi connectivity index (χ3n) is 3.62. The van der Waals surface area contributed by atoms with Crippen molar-refractivity contribution in [1.82, 2.24) is 0 Å². The van der Waals surface area contributed by atoms with E-state index in [1.807, 2.05) is 6.08 Å². The summed E-state index contributed by atoms with van der Waals surface area (Å²) in [6, 6.07) is 8.39. The molecular formula is C16H21NO. The van der Waals surface area contributed by atoms with E-state index in [0.717, 1.165) is 11.3 Å². The molecular weight excluding hydrogens is 222 g/mol. The number of rotatable bonds is 4. The monoisotopic (exact) mass is 243 g/mol. The molecule has 0 atom stereocenters. The van der Waals surface area contributed by atoms with Gasteiger partial charge in [0.1, 0.15) is 7.11 Å². The highest BCUT2D eigenvalue weighted by molar-refractivity contribution is 6.02. The van der Waals surface area contributed by atoms with E-state index in [9.17, 15) is 0 Å². The second kappa shape index (κ2) is 6.39. The van der Waals surface area contributed by atoms with Gasteiger partial charge >= 0.3 is 0 Å². The first-order valence-corrected chi connectivity index (χ1v) is 6.69. The molecule has 2 nitrogen and oxygen atoms in total. The summed E-state index contributed by atoms with van der Waals surface area (Å²) >= 11 is 0. The van der Waals surface area contributed by atoms with E-state index < -0.39 is 0 Å². The molecule has 0 unspecified atom stereocenters. The fraction of sp³-hybridized carbons (Fsp3) is 0.438. The van der Waals surface area contributed by atoms with Gasteiger partial charge in [0.15, 0.2) is 0 Å². The van der Waals surface area contributed by atoms with Crippen molar-refractivity contribution >= 4 is 11.8 Å². The lowest BCUT2D eigenvalue weighted by atomic mass is 9.83. The van der Waals surface area contributed by atoms with Gasteiger partial charge in [0, 0.05) is 5.92 Å². The molecule has 1 aliphatic rings. The lowest BCUT2D eigenvalue weighted by molar-refractivity contribution is 0.210.